The molecule has 3 aromatic rings. The molecule has 0 unspecified atom stereocenters. The number of fused-ring (bicyclic) bond motifs is 1. The molecule has 1 aromatic heterocycles. The van der Waals surface area contributed by atoms with Crippen LogP contribution in [0.3, 0.4) is 0 Å². The summed E-state index contributed by atoms with van der Waals surface area (Å²) in [6.07, 6.45) is -5.04. The van der Waals surface area contributed by atoms with Gasteiger partial charge in [-0.2, -0.15) is 13.2 Å². The predicted octanol–water partition coefficient (Wildman–Crippen LogP) is 5.86. The summed E-state index contributed by atoms with van der Waals surface area (Å²) in [6.45, 7) is 1.35. The lowest BCUT2D eigenvalue weighted by atomic mass is 9.92. The Morgan fingerprint density at radius 3 is 2.32 bits per heavy atom. The highest BCUT2D eigenvalue weighted by Gasteiger charge is 2.42. The number of Topliss-reactive ketones (excluding diaryl/α,β-unsaturated/α-hetero) is 1. The van der Waals surface area contributed by atoms with Gasteiger partial charge in [0.25, 0.3) is 5.78 Å². The number of nitrogens with zero attached hydrogens (tertiary/aromatic N) is 1. The first kappa shape index (κ1) is 17.5. The summed E-state index contributed by atoms with van der Waals surface area (Å²) >= 11 is 3.28. The maximum Gasteiger partial charge on any atom is 0.454 e. The van der Waals surface area contributed by atoms with E-state index in [4.69, 9.17) is 0 Å². The highest BCUT2D eigenvalue weighted by atomic mass is 79.9. The molecule has 0 amide bonds. The summed E-state index contributed by atoms with van der Waals surface area (Å²) in [5, 5.41) is 0.374. The van der Waals surface area contributed by atoms with Crippen LogP contribution in [0.2, 0.25) is 0 Å². The van der Waals surface area contributed by atoms with Crippen LogP contribution in [0.5, 0.6) is 0 Å². The van der Waals surface area contributed by atoms with Crippen LogP contribution in [-0.4, -0.2) is 16.9 Å². The van der Waals surface area contributed by atoms with Crippen molar-refractivity contribution in [2.24, 2.45) is 0 Å². The van der Waals surface area contributed by atoms with Gasteiger partial charge in [-0.3, -0.25) is 9.78 Å². The number of rotatable bonds is 2. The smallest absolute Gasteiger partial charge is 0.284 e. The van der Waals surface area contributed by atoms with Crippen LogP contribution < -0.4 is 0 Å². The number of halogens is 5. The molecule has 0 saturated heterocycles. The lowest BCUT2D eigenvalue weighted by Crippen LogP contribution is -2.25. The number of hydrogen-bond acceptors (Lipinski definition) is 2. The Labute approximate surface area is 148 Å². The fourth-order valence-corrected chi connectivity index (χ4v) is 3.06. The number of alkyl halides is 3. The molecule has 128 valence electrons. The first-order chi connectivity index (χ1) is 11.7. The van der Waals surface area contributed by atoms with E-state index >= 15 is 0 Å². The standard InChI is InChI=1S/C18H10BrF4NO/c1-9-15(17(25)18(21,22)23)16(10-2-5-12(20)6-3-10)13-8-11(19)4-7-14(13)24-9/h2-8H,1H3. The van der Waals surface area contributed by atoms with Gasteiger partial charge in [-0.15, -0.1) is 0 Å². The monoisotopic (exact) mass is 411 g/mol. The molecular weight excluding hydrogens is 402 g/mol. The van der Waals surface area contributed by atoms with Crippen LogP contribution in [0.4, 0.5) is 17.6 Å². The Hall–Kier alpha value is -2.28. The van der Waals surface area contributed by atoms with Crippen molar-refractivity contribution in [3.63, 3.8) is 0 Å². The molecule has 2 aromatic carbocycles. The minimum absolute atomic E-state index is 0.0310. The van der Waals surface area contributed by atoms with Gasteiger partial charge in [0.2, 0.25) is 0 Å². The first-order valence-corrected chi connectivity index (χ1v) is 7.95. The molecule has 0 fully saturated rings. The van der Waals surface area contributed by atoms with Crippen molar-refractivity contribution >= 4 is 32.6 Å². The van der Waals surface area contributed by atoms with Crippen LogP contribution in [0.15, 0.2) is 46.9 Å². The molecule has 25 heavy (non-hydrogen) atoms. The summed E-state index contributed by atoms with van der Waals surface area (Å²) in [5.74, 6) is -2.50. The van der Waals surface area contributed by atoms with Gasteiger partial charge in [0.05, 0.1) is 11.1 Å². The van der Waals surface area contributed by atoms with Crippen molar-refractivity contribution < 1.29 is 22.4 Å². The van der Waals surface area contributed by atoms with E-state index < -0.39 is 23.3 Å². The fraction of sp³-hybridized carbons (Fsp3) is 0.111. The van der Waals surface area contributed by atoms with Crippen LogP contribution in [0.1, 0.15) is 16.1 Å². The van der Waals surface area contributed by atoms with Crippen LogP contribution in [0, 0.1) is 12.7 Å². The summed E-state index contributed by atoms with van der Waals surface area (Å²) < 4.78 is 53.2. The van der Waals surface area contributed by atoms with E-state index in [1.54, 1.807) is 18.2 Å². The highest BCUT2D eigenvalue weighted by Crippen LogP contribution is 2.37. The lowest BCUT2D eigenvalue weighted by molar-refractivity contribution is -0.0885. The van der Waals surface area contributed by atoms with Gasteiger partial charge in [0.15, 0.2) is 0 Å². The van der Waals surface area contributed by atoms with Gasteiger partial charge in [0, 0.05) is 21.1 Å². The van der Waals surface area contributed by atoms with Crippen molar-refractivity contribution in [2.45, 2.75) is 13.1 Å². The molecule has 0 aliphatic rings. The molecule has 3 rings (SSSR count). The number of aromatic nitrogens is 1. The second-order valence-electron chi connectivity index (χ2n) is 5.44. The topological polar surface area (TPSA) is 30.0 Å². The van der Waals surface area contributed by atoms with Gasteiger partial charge in [-0.05, 0) is 42.8 Å². The molecule has 0 spiro atoms. The Morgan fingerprint density at radius 1 is 1.08 bits per heavy atom. The van der Waals surface area contributed by atoms with Crippen LogP contribution in [-0.2, 0) is 0 Å². The SMILES string of the molecule is Cc1nc2ccc(Br)cc2c(-c2ccc(F)cc2)c1C(=O)C(F)(F)F. The van der Waals surface area contributed by atoms with E-state index in [1.807, 2.05) is 0 Å². The van der Waals surface area contributed by atoms with Crippen LogP contribution >= 0.6 is 15.9 Å². The zero-order valence-electron chi connectivity index (χ0n) is 12.8. The van der Waals surface area contributed by atoms with Gasteiger partial charge in [-0.25, -0.2) is 4.39 Å². The van der Waals surface area contributed by atoms with E-state index in [-0.39, 0.29) is 11.3 Å². The van der Waals surface area contributed by atoms with E-state index in [9.17, 15) is 22.4 Å². The molecule has 0 N–H and O–H groups in total. The Balaban J connectivity index is 2.45. The van der Waals surface area contributed by atoms with Crippen molar-refractivity contribution in [3.8, 4) is 11.1 Å². The molecule has 0 aliphatic heterocycles. The Morgan fingerprint density at radius 2 is 1.72 bits per heavy atom. The van der Waals surface area contributed by atoms with Crippen molar-refractivity contribution in [3.05, 3.63) is 64.0 Å². The van der Waals surface area contributed by atoms with Gasteiger partial charge < -0.3 is 0 Å². The van der Waals surface area contributed by atoms with Gasteiger partial charge in [-0.1, -0.05) is 28.1 Å². The molecule has 0 saturated carbocycles. The molecule has 7 heteroatoms. The largest absolute Gasteiger partial charge is 0.454 e. The number of pyridine rings is 1. The first-order valence-electron chi connectivity index (χ1n) is 7.16. The van der Waals surface area contributed by atoms with E-state index in [0.717, 1.165) is 12.1 Å². The lowest BCUT2D eigenvalue weighted by Gasteiger charge is -2.16. The zero-order chi connectivity index (χ0) is 18.4. The van der Waals surface area contributed by atoms with Crippen LogP contribution in [0.25, 0.3) is 22.0 Å². The minimum Gasteiger partial charge on any atom is -0.284 e. The van der Waals surface area contributed by atoms with Gasteiger partial charge in [0.1, 0.15) is 5.82 Å². The zero-order valence-corrected chi connectivity index (χ0v) is 14.4. The Bertz CT molecular complexity index is 981. The van der Waals surface area contributed by atoms with Crippen molar-refractivity contribution in [2.75, 3.05) is 0 Å². The molecular formula is C18H10BrF4NO. The summed E-state index contributed by atoms with van der Waals surface area (Å²) in [4.78, 5) is 16.2. The third-order valence-corrected chi connectivity index (χ3v) is 4.24. The third-order valence-electron chi connectivity index (χ3n) is 3.75. The number of carbonyl (C=O) groups excluding carboxylic acids is 1. The summed E-state index contributed by atoms with van der Waals surface area (Å²) in [6, 6.07) is 9.89. The van der Waals surface area contributed by atoms with Crippen molar-refractivity contribution in [1.82, 2.24) is 4.98 Å². The van der Waals surface area contributed by atoms with E-state index in [0.29, 0.717) is 20.9 Å². The quantitative estimate of drug-likeness (QED) is 0.390. The predicted molar refractivity (Wildman–Crippen MR) is 90.0 cm³/mol. The number of benzene rings is 2. The third kappa shape index (κ3) is 3.28. The summed E-state index contributed by atoms with van der Waals surface area (Å²) in [5.41, 5.74) is 0.286. The average molecular weight is 412 g/mol. The maximum absolute atomic E-state index is 13.2. The second-order valence-corrected chi connectivity index (χ2v) is 6.36. The van der Waals surface area contributed by atoms with Crippen molar-refractivity contribution in [1.29, 1.82) is 0 Å². The normalized spacial score (nSPS) is 11.8. The second kappa shape index (κ2) is 6.22. The van der Waals surface area contributed by atoms with Gasteiger partial charge >= 0.3 is 6.18 Å². The summed E-state index contributed by atoms with van der Waals surface area (Å²) in [7, 11) is 0. The minimum atomic E-state index is -5.04. The molecule has 0 atom stereocenters. The molecule has 2 nitrogen and oxygen atoms in total. The number of ketones is 1. The fourth-order valence-electron chi connectivity index (χ4n) is 2.69. The number of carbonyl (C=O) groups is 1. The number of hydrogen-bond donors (Lipinski definition) is 0. The molecule has 0 bridgehead atoms. The Kier molecular flexibility index (Phi) is 4.36. The molecule has 1 heterocycles. The molecule has 0 aliphatic carbocycles. The highest BCUT2D eigenvalue weighted by molar-refractivity contribution is 9.10. The maximum atomic E-state index is 13.2. The van der Waals surface area contributed by atoms with E-state index in [1.165, 1.54) is 19.1 Å². The number of aryl methyl sites for hydroxylation is 1. The molecule has 0 radical (unpaired) electrons. The van der Waals surface area contributed by atoms with E-state index in [2.05, 4.69) is 20.9 Å². The average Bonchev–Trinajstić information content (AvgIpc) is 2.53.